The van der Waals surface area contributed by atoms with Crippen LogP contribution < -0.4 is 0 Å². The van der Waals surface area contributed by atoms with Gasteiger partial charge in [0.15, 0.2) is 0 Å². The third-order valence-electron chi connectivity index (χ3n) is 3.69. The maximum atomic E-state index is 5.94. The summed E-state index contributed by atoms with van der Waals surface area (Å²) in [5.41, 5.74) is 3.62. The molecule has 0 amide bonds. The minimum absolute atomic E-state index is 0.538. The zero-order valence-corrected chi connectivity index (χ0v) is 12.9. The van der Waals surface area contributed by atoms with Crippen LogP contribution >= 0.6 is 11.6 Å². The van der Waals surface area contributed by atoms with Gasteiger partial charge in [-0.2, -0.15) is 0 Å². The molecule has 0 radical (unpaired) electrons. The number of nitrogens with zero attached hydrogens (tertiary/aromatic N) is 2. The van der Waals surface area contributed by atoms with E-state index in [-0.39, 0.29) is 0 Å². The number of aryl methyl sites for hydroxylation is 2. The van der Waals surface area contributed by atoms with Crippen LogP contribution in [0.15, 0.2) is 18.2 Å². The second kappa shape index (κ2) is 6.42. The molecule has 19 heavy (non-hydrogen) atoms. The Hall–Kier alpha value is -1.02. The zero-order chi connectivity index (χ0) is 13.8. The van der Waals surface area contributed by atoms with Crippen molar-refractivity contribution < 1.29 is 0 Å². The van der Waals surface area contributed by atoms with E-state index in [1.807, 2.05) is 0 Å². The minimum atomic E-state index is 0.538. The molecule has 0 N–H and O–H groups in total. The molecule has 0 spiro atoms. The predicted molar refractivity (Wildman–Crippen MR) is 83.1 cm³/mol. The van der Waals surface area contributed by atoms with E-state index in [9.17, 15) is 0 Å². The first kappa shape index (κ1) is 14.4. The van der Waals surface area contributed by atoms with Crippen LogP contribution in [0.5, 0.6) is 0 Å². The fraction of sp³-hybridized carbons (Fsp3) is 0.562. The third kappa shape index (κ3) is 2.94. The molecule has 0 aliphatic rings. The standard InChI is InChI=1S/C16H23ClN2/c1-4-6-13(5-2)19-15-8-7-12(3)11-14(15)18-16(19)9-10-17/h7-8,11,13H,4-6,9-10H2,1-3H3. The monoisotopic (exact) mass is 278 g/mol. The Kier molecular flexibility index (Phi) is 4.87. The molecular formula is C16H23ClN2. The van der Waals surface area contributed by atoms with E-state index in [0.29, 0.717) is 11.9 Å². The zero-order valence-electron chi connectivity index (χ0n) is 12.1. The van der Waals surface area contributed by atoms with Gasteiger partial charge < -0.3 is 4.57 Å². The Bertz CT molecular complexity index is 545. The number of fused-ring (bicyclic) bond motifs is 1. The van der Waals surface area contributed by atoms with Crippen molar-refractivity contribution in [3.05, 3.63) is 29.6 Å². The van der Waals surface area contributed by atoms with Gasteiger partial charge in [0.05, 0.1) is 11.0 Å². The first-order valence-corrected chi connectivity index (χ1v) is 7.78. The fourth-order valence-corrected chi connectivity index (χ4v) is 2.95. The van der Waals surface area contributed by atoms with Gasteiger partial charge in [0.1, 0.15) is 5.82 Å². The smallest absolute Gasteiger partial charge is 0.111 e. The second-order valence-electron chi connectivity index (χ2n) is 5.18. The summed E-state index contributed by atoms with van der Waals surface area (Å²) in [6, 6.07) is 7.08. The van der Waals surface area contributed by atoms with Gasteiger partial charge in [-0.3, -0.25) is 0 Å². The van der Waals surface area contributed by atoms with Crippen molar-refractivity contribution in [2.45, 2.75) is 52.5 Å². The Morgan fingerprint density at radius 3 is 2.74 bits per heavy atom. The molecule has 0 aliphatic carbocycles. The summed E-state index contributed by atoms with van der Waals surface area (Å²) in [5, 5.41) is 0. The van der Waals surface area contributed by atoms with E-state index < -0.39 is 0 Å². The second-order valence-corrected chi connectivity index (χ2v) is 5.56. The number of hydrogen-bond acceptors (Lipinski definition) is 1. The number of hydrogen-bond donors (Lipinski definition) is 0. The Morgan fingerprint density at radius 1 is 1.32 bits per heavy atom. The number of alkyl halides is 1. The molecule has 1 atom stereocenters. The van der Waals surface area contributed by atoms with E-state index in [0.717, 1.165) is 24.2 Å². The highest BCUT2D eigenvalue weighted by Gasteiger charge is 2.17. The van der Waals surface area contributed by atoms with Gasteiger partial charge in [0, 0.05) is 18.3 Å². The Labute approximate surface area is 120 Å². The lowest BCUT2D eigenvalue weighted by atomic mass is 10.1. The van der Waals surface area contributed by atoms with E-state index >= 15 is 0 Å². The summed E-state index contributed by atoms with van der Waals surface area (Å²) in [5.74, 6) is 1.76. The summed E-state index contributed by atoms with van der Waals surface area (Å²) in [6.45, 7) is 6.61. The van der Waals surface area contributed by atoms with Crippen LogP contribution in [0.25, 0.3) is 11.0 Å². The lowest BCUT2D eigenvalue weighted by Gasteiger charge is -2.19. The molecule has 1 aromatic carbocycles. The molecule has 2 rings (SSSR count). The van der Waals surface area contributed by atoms with Gasteiger partial charge >= 0.3 is 0 Å². The minimum Gasteiger partial charge on any atom is -0.325 e. The highest BCUT2D eigenvalue weighted by Crippen LogP contribution is 2.27. The van der Waals surface area contributed by atoms with Gasteiger partial charge in [-0.15, -0.1) is 11.6 Å². The molecule has 0 aliphatic heterocycles. The van der Waals surface area contributed by atoms with Crippen molar-refractivity contribution in [3.63, 3.8) is 0 Å². The number of rotatable bonds is 6. The number of imidazole rings is 1. The average Bonchev–Trinajstić information content (AvgIpc) is 2.73. The van der Waals surface area contributed by atoms with Crippen LogP contribution in [-0.2, 0) is 6.42 Å². The average molecular weight is 279 g/mol. The van der Waals surface area contributed by atoms with Crippen LogP contribution in [0, 0.1) is 6.92 Å². The lowest BCUT2D eigenvalue weighted by Crippen LogP contribution is -2.12. The fourth-order valence-electron chi connectivity index (χ4n) is 2.78. The summed E-state index contributed by atoms with van der Waals surface area (Å²) in [6.07, 6.45) is 4.38. The van der Waals surface area contributed by atoms with Crippen molar-refractivity contribution >= 4 is 22.6 Å². The molecule has 0 bridgehead atoms. The van der Waals surface area contributed by atoms with Gasteiger partial charge in [0.2, 0.25) is 0 Å². The van der Waals surface area contributed by atoms with E-state index in [2.05, 4.69) is 43.5 Å². The molecule has 104 valence electrons. The normalized spacial score (nSPS) is 13.1. The third-order valence-corrected chi connectivity index (χ3v) is 3.88. The Balaban J connectivity index is 2.56. The number of aromatic nitrogens is 2. The summed E-state index contributed by atoms with van der Waals surface area (Å²) in [7, 11) is 0. The molecule has 1 aromatic heterocycles. The lowest BCUT2D eigenvalue weighted by molar-refractivity contribution is 0.445. The molecule has 0 fully saturated rings. The molecule has 0 saturated carbocycles. The number of halogens is 1. The maximum absolute atomic E-state index is 5.94. The van der Waals surface area contributed by atoms with Crippen molar-refractivity contribution in [1.82, 2.24) is 9.55 Å². The van der Waals surface area contributed by atoms with Gasteiger partial charge in [0.25, 0.3) is 0 Å². The van der Waals surface area contributed by atoms with E-state index in [1.165, 1.54) is 23.9 Å². The van der Waals surface area contributed by atoms with Crippen molar-refractivity contribution in [2.75, 3.05) is 5.88 Å². The van der Waals surface area contributed by atoms with Crippen LogP contribution in [-0.4, -0.2) is 15.4 Å². The largest absolute Gasteiger partial charge is 0.325 e. The van der Waals surface area contributed by atoms with Gasteiger partial charge in [-0.25, -0.2) is 4.98 Å². The van der Waals surface area contributed by atoms with Crippen LogP contribution in [0.1, 0.15) is 50.5 Å². The van der Waals surface area contributed by atoms with E-state index in [4.69, 9.17) is 16.6 Å². The number of benzene rings is 1. The van der Waals surface area contributed by atoms with Gasteiger partial charge in [-0.1, -0.05) is 26.3 Å². The molecule has 0 saturated heterocycles. The highest BCUT2D eigenvalue weighted by atomic mass is 35.5. The van der Waals surface area contributed by atoms with Crippen LogP contribution in [0.3, 0.4) is 0 Å². The molecule has 2 aromatic rings. The van der Waals surface area contributed by atoms with Crippen LogP contribution in [0.4, 0.5) is 0 Å². The van der Waals surface area contributed by atoms with Crippen LogP contribution in [0.2, 0.25) is 0 Å². The van der Waals surface area contributed by atoms with Crippen molar-refractivity contribution in [2.24, 2.45) is 0 Å². The van der Waals surface area contributed by atoms with E-state index in [1.54, 1.807) is 0 Å². The summed E-state index contributed by atoms with van der Waals surface area (Å²) >= 11 is 5.94. The molecule has 3 heteroatoms. The Morgan fingerprint density at radius 2 is 2.11 bits per heavy atom. The van der Waals surface area contributed by atoms with Gasteiger partial charge in [-0.05, 0) is 37.5 Å². The molecule has 1 heterocycles. The topological polar surface area (TPSA) is 17.8 Å². The summed E-state index contributed by atoms with van der Waals surface area (Å²) < 4.78 is 2.42. The van der Waals surface area contributed by atoms with Crippen molar-refractivity contribution in [3.8, 4) is 0 Å². The maximum Gasteiger partial charge on any atom is 0.111 e. The first-order valence-electron chi connectivity index (χ1n) is 7.24. The summed E-state index contributed by atoms with van der Waals surface area (Å²) in [4.78, 5) is 4.79. The molecular weight excluding hydrogens is 256 g/mol. The van der Waals surface area contributed by atoms with Crippen molar-refractivity contribution in [1.29, 1.82) is 0 Å². The molecule has 2 nitrogen and oxygen atoms in total. The quantitative estimate of drug-likeness (QED) is 0.689. The SMILES string of the molecule is CCCC(CC)n1c(CCCl)nc2cc(C)ccc21. The highest BCUT2D eigenvalue weighted by molar-refractivity contribution is 6.17. The first-order chi connectivity index (χ1) is 9.21. The molecule has 1 unspecified atom stereocenters. The predicted octanol–water partition coefficient (Wildman–Crippen LogP) is 4.88.